The van der Waals surface area contributed by atoms with Crippen molar-refractivity contribution in [3.05, 3.63) is 58.6 Å². The van der Waals surface area contributed by atoms with E-state index in [1.165, 1.54) is 0 Å². The second-order valence-electron chi connectivity index (χ2n) is 3.45. The number of nitrogens with one attached hydrogen (secondary N) is 1. The lowest BCUT2D eigenvalue weighted by Crippen LogP contribution is -2.16. The molecule has 18 heavy (non-hydrogen) atoms. The van der Waals surface area contributed by atoms with Crippen molar-refractivity contribution in [1.29, 1.82) is 0 Å². The number of amides is 1. The molecule has 3 nitrogen and oxygen atoms in total. The van der Waals surface area contributed by atoms with Crippen LogP contribution in [0.4, 0.5) is 10.5 Å². The van der Waals surface area contributed by atoms with Crippen molar-refractivity contribution >= 4 is 35.0 Å². The maximum atomic E-state index is 11.6. The predicted octanol–water partition coefficient (Wildman–Crippen LogP) is 4.60. The second-order valence-corrected chi connectivity index (χ2v) is 4.30. The first-order chi connectivity index (χ1) is 8.65. The topological polar surface area (TPSA) is 38.3 Å². The number of ether oxygens (including phenoxy) is 1. The smallest absolute Gasteiger partial charge is 0.410 e. The summed E-state index contributed by atoms with van der Waals surface area (Å²) in [5.41, 5.74) is 0.446. The van der Waals surface area contributed by atoms with Gasteiger partial charge in [0.1, 0.15) is 5.75 Å². The summed E-state index contributed by atoms with van der Waals surface area (Å²) in [6, 6.07) is 13.5. The molecule has 0 aliphatic carbocycles. The van der Waals surface area contributed by atoms with Gasteiger partial charge in [-0.05, 0) is 30.3 Å². The van der Waals surface area contributed by atoms with Crippen LogP contribution in [0.5, 0.6) is 5.75 Å². The molecule has 2 aromatic carbocycles. The van der Waals surface area contributed by atoms with Crippen LogP contribution in [0.2, 0.25) is 10.0 Å². The molecule has 0 bridgehead atoms. The molecule has 0 fully saturated rings. The van der Waals surface area contributed by atoms with Crippen molar-refractivity contribution in [2.24, 2.45) is 0 Å². The normalized spacial score (nSPS) is 9.89. The fourth-order valence-corrected chi connectivity index (χ4v) is 1.78. The van der Waals surface area contributed by atoms with Crippen molar-refractivity contribution in [2.75, 3.05) is 5.32 Å². The summed E-state index contributed by atoms with van der Waals surface area (Å²) < 4.78 is 5.06. The quantitative estimate of drug-likeness (QED) is 0.873. The Labute approximate surface area is 114 Å². The van der Waals surface area contributed by atoms with Gasteiger partial charge in [0, 0.05) is 5.02 Å². The Bertz CT molecular complexity index is 558. The van der Waals surface area contributed by atoms with Gasteiger partial charge in [0.25, 0.3) is 0 Å². The molecule has 0 spiro atoms. The van der Waals surface area contributed by atoms with Gasteiger partial charge in [0.2, 0.25) is 0 Å². The molecule has 1 N–H and O–H groups in total. The van der Waals surface area contributed by atoms with Crippen LogP contribution in [0.15, 0.2) is 48.5 Å². The molecule has 0 radical (unpaired) electrons. The molecule has 5 heteroatoms. The number of para-hydroxylation sites is 1. The lowest BCUT2D eigenvalue weighted by atomic mass is 10.3. The SMILES string of the molecule is O=C(Nc1ccc(Cl)cc1Cl)Oc1ccccc1. The Morgan fingerprint density at radius 2 is 1.78 bits per heavy atom. The summed E-state index contributed by atoms with van der Waals surface area (Å²) in [4.78, 5) is 11.6. The van der Waals surface area contributed by atoms with Gasteiger partial charge in [0.05, 0.1) is 10.7 Å². The number of carbonyl (C=O) groups excluding carboxylic acids is 1. The molecule has 92 valence electrons. The standard InChI is InChI=1S/C13H9Cl2NO2/c14-9-6-7-12(11(15)8-9)16-13(17)18-10-4-2-1-3-5-10/h1-8H,(H,16,17). The highest BCUT2D eigenvalue weighted by Gasteiger charge is 2.07. The molecule has 0 atom stereocenters. The Kier molecular flexibility index (Phi) is 4.07. The van der Waals surface area contributed by atoms with Gasteiger partial charge in [-0.3, -0.25) is 5.32 Å². The molecule has 0 heterocycles. The second kappa shape index (κ2) is 5.76. The summed E-state index contributed by atoms with van der Waals surface area (Å²) in [5.74, 6) is 0.458. The van der Waals surface area contributed by atoms with E-state index in [0.29, 0.717) is 21.5 Å². The van der Waals surface area contributed by atoms with Gasteiger partial charge in [-0.2, -0.15) is 0 Å². The Balaban J connectivity index is 2.03. The number of benzene rings is 2. The number of halogens is 2. The van der Waals surface area contributed by atoms with Crippen LogP contribution < -0.4 is 10.1 Å². The molecule has 2 rings (SSSR count). The average molecular weight is 282 g/mol. The van der Waals surface area contributed by atoms with Gasteiger partial charge < -0.3 is 4.74 Å². The fraction of sp³-hybridized carbons (Fsp3) is 0. The van der Waals surface area contributed by atoms with Crippen LogP contribution in [0.25, 0.3) is 0 Å². The van der Waals surface area contributed by atoms with Crippen LogP contribution in [0, 0.1) is 0 Å². The van der Waals surface area contributed by atoms with Crippen LogP contribution in [0.3, 0.4) is 0 Å². The molecular weight excluding hydrogens is 273 g/mol. The third kappa shape index (κ3) is 3.39. The lowest BCUT2D eigenvalue weighted by Gasteiger charge is -2.08. The number of carbonyl (C=O) groups is 1. The van der Waals surface area contributed by atoms with Crippen molar-refractivity contribution in [1.82, 2.24) is 0 Å². The Morgan fingerprint density at radius 1 is 1.06 bits per heavy atom. The highest BCUT2D eigenvalue weighted by molar-refractivity contribution is 6.36. The number of hydrogen-bond donors (Lipinski definition) is 1. The van der Waals surface area contributed by atoms with E-state index in [1.54, 1.807) is 42.5 Å². The first kappa shape index (κ1) is 12.7. The third-order valence-corrected chi connectivity index (χ3v) is 2.67. The molecule has 0 saturated carbocycles. The number of rotatable bonds is 2. The largest absolute Gasteiger partial charge is 0.417 e. The van der Waals surface area contributed by atoms with Crippen LogP contribution in [0.1, 0.15) is 0 Å². The maximum Gasteiger partial charge on any atom is 0.417 e. The maximum absolute atomic E-state index is 11.6. The fourth-order valence-electron chi connectivity index (χ4n) is 1.32. The zero-order valence-corrected chi connectivity index (χ0v) is 10.7. The van der Waals surface area contributed by atoms with Crippen molar-refractivity contribution in [3.63, 3.8) is 0 Å². The van der Waals surface area contributed by atoms with Gasteiger partial charge in [-0.1, -0.05) is 41.4 Å². The van der Waals surface area contributed by atoms with E-state index in [4.69, 9.17) is 27.9 Å². The van der Waals surface area contributed by atoms with Crippen molar-refractivity contribution in [3.8, 4) is 5.75 Å². The summed E-state index contributed by atoms with van der Waals surface area (Å²) >= 11 is 11.7. The Hall–Kier alpha value is -1.71. The average Bonchev–Trinajstić information content (AvgIpc) is 2.34. The zero-order chi connectivity index (χ0) is 13.0. The molecule has 0 aromatic heterocycles. The molecule has 0 saturated heterocycles. The van der Waals surface area contributed by atoms with Crippen LogP contribution in [-0.2, 0) is 0 Å². The molecule has 0 unspecified atom stereocenters. The van der Waals surface area contributed by atoms with Crippen molar-refractivity contribution in [2.45, 2.75) is 0 Å². The van der Waals surface area contributed by atoms with Gasteiger partial charge in [0.15, 0.2) is 0 Å². The summed E-state index contributed by atoms with van der Waals surface area (Å²) in [6.45, 7) is 0. The van der Waals surface area contributed by atoms with Crippen molar-refractivity contribution < 1.29 is 9.53 Å². The molecule has 0 aliphatic heterocycles. The number of anilines is 1. The van der Waals surface area contributed by atoms with Gasteiger partial charge in [-0.25, -0.2) is 4.79 Å². The van der Waals surface area contributed by atoms with E-state index in [0.717, 1.165) is 0 Å². The Morgan fingerprint density at radius 3 is 2.44 bits per heavy atom. The number of hydrogen-bond acceptors (Lipinski definition) is 2. The first-order valence-corrected chi connectivity index (χ1v) is 5.89. The minimum Gasteiger partial charge on any atom is -0.410 e. The molecule has 0 aliphatic rings. The summed E-state index contributed by atoms with van der Waals surface area (Å²) in [7, 11) is 0. The zero-order valence-electron chi connectivity index (χ0n) is 9.19. The van der Waals surface area contributed by atoms with Crippen LogP contribution >= 0.6 is 23.2 Å². The minimum absolute atomic E-state index is 0.354. The summed E-state index contributed by atoms with van der Waals surface area (Å²) in [6.07, 6.45) is -0.606. The monoisotopic (exact) mass is 281 g/mol. The highest BCUT2D eigenvalue weighted by Crippen LogP contribution is 2.25. The van der Waals surface area contributed by atoms with Gasteiger partial charge >= 0.3 is 6.09 Å². The van der Waals surface area contributed by atoms with E-state index in [9.17, 15) is 4.79 Å². The third-order valence-electron chi connectivity index (χ3n) is 2.12. The van der Waals surface area contributed by atoms with Gasteiger partial charge in [-0.15, -0.1) is 0 Å². The van der Waals surface area contributed by atoms with E-state index in [-0.39, 0.29) is 0 Å². The van der Waals surface area contributed by atoms with E-state index < -0.39 is 6.09 Å². The lowest BCUT2D eigenvalue weighted by molar-refractivity contribution is 0.215. The minimum atomic E-state index is -0.606. The highest BCUT2D eigenvalue weighted by atomic mass is 35.5. The van der Waals surface area contributed by atoms with E-state index >= 15 is 0 Å². The molecule has 1 amide bonds. The predicted molar refractivity (Wildman–Crippen MR) is 72.6 cm³/mol. The summed E-state index contributed by atoms with van der Waals surface area (Å²) in [5, 5.41) is 3.39. The van der Waals surface area contributed by atoms with Crippen LogP contribution in [-0.4, -0.2) is 6.09 Å². The van der Waals surface area contributed by atoms with E-state index in [1.807, 2.05) is 6.07 Å². The first-order valence-electron chi connectivity index (χ1n) is 5.14. The molecule has 2 aromatic rings. The van der Waals surface area contributed by atoms with E-state index in [2.05, 4.69) is 5.32 Å². The molecular formula is C13H9Cl2NO2.